The molecule has 1 nitrogen and oxygen atoms in total. The van der Waals surface area contributed by atoms with Crippen molar-refractivity contribution in [1.82, 2.24) is 0 Å². The van der Waals surface area contributed by atoms with Gasteiger partial charge in [-0.2, -0.15) is 0 Å². The maximum absolute atomic E-state index is 6.07. The van der Waals surface area contributed by atoms with E-state index < -0.39 is 0 Å². The smallest absolute Gasteiger partial charge is 0.0300 e. The number of benzene rings is 2. The normalized spacial score (nSPS) is 18.1. The van der Waals surface area contributed by atoms with Crippen LogP contribution in [0.25, 0.3) is 11.1 Å². The summed E-state index contributed by atoms with van der Waals surface area (Å²) in [5.41, 5.74) is 12.8. The highest BCUT2D eigenvalue weighted by atomic mass is 14.6. The summed E-state index contributed by atoms with van der Waals surface area (Å²) in [7, 11) is 0. The van der Waals surface area contributed by atoms with Crippen molar-refractivity contribution in [3.05, 3.63) is 59.2 Å². The van der Waals surface area contributed by atoms with Gasteiger partial charge in [0.25, 0.3) is 0 Å². The Balaban J connectivity index is 2.09. The molecule has 3 rings (SSSR count). The van der Waals surface area contributed by atoms with Crippen molar-refractivity contribution in [3.8, 4) is 11.1 Å². The first kappa shape index (κ1) is 10.5. The highest BCUT2D eigenvalue weighted by Crippen LogP contribution is 2.33. The first-order valence-electron chi connectivity index (χ1n) is 6.20. The molecule has 0 saturated heterocycles. The van der Waals surface area contributed by atoms with Crippen LogP contribution in [-0.2, 0) is 6.42 Å². The molecule has 1 aliphatic carbocycles. The molecule has 2 aromatic carbocycles. The molecule has 0 radical (unpaired) electrons. The molecule has 1 atom stereocenters. The van der Waals surface area contributed by atoms with E-state index in [1.54, 1.807) is 0 Å². The zero-order valence-electron chi connectivity index (χ0n) is 10.1. The number of nitrogens with two attached hydrogens (primary N) is 1. The lowest BCUT2D eigenvalue weighted by Crippen LogP contribution is -2.04. The van der Waals surface area contributed by atoms with Crippen molar-refractivity contribution >= 4 is 0 Å². The van der Waals surface area contributed by atoms with E-state index in [2.05, 4.69) is 49.4 Å². The van der Waals surface area contributed by atoms with Gasteiger partial charge in [-0.25, -0.2) is 0 Å². The van der Waals surface area contributed by atoms with E-state index in [-0.39, 0.29) is 6.04 Å². The summed E-state index contributed by atoms with van der Waals surface area (Å²) in [6, 6.07) is 15.5. The summed E-state index contributed by atoms with van der Waals surface area (Å²) in [6.45, 7) is 2.16. The van der Waals surface area contributed by atoms with Gasteiger partial charge in [-0.3, -0.25) is 0 Å². The molecule has 0 spiro atoms. The van der Waals surface area contributed by atoms with Gasteiger partial charge in [0.05, 0.1) is 0 Å². The van der Waals surface area contributed by atoms with Gasteiger partial charge < -0.3 is 5.73 Å². The summed E-state index contributed by atoms with van der Waals surface area (Å²) in [5.74, 6) is 0. The topological polar surface area (TPSA) is 26.0 Å². The molecular formula is C16H17N. The Morgan fingerprint density at radius 1 is 1.12 bits per heavy atom. The van der Waals surface area contributed by atoms with Crippen LogP contribution < -0.4 is 5.73 Å². The predicted octanol–water partition coefficient (Wildman–Crippen LogP) is 3.61. The van der Waals surface area contributed by atoms with Crippen LogP contribution >= 0.6 is 0 Å². The van der Waals surface area contributed by atoms with Gasteiger partial charge in [-0.1, -0.05) is 42.5 Å². The van der Waals surface area contributed by atoms with Gasteiger partial charge in [0, 0.05) is 6.04 Å². The molecule has 1 unspecified atom stereocenters. The summed E-state index contributed by atoms with van der Waals surface area (Å²) in [4.78, 5) is 0. The summed E-state index contributed by atoms with van der Waals surface area (Å²) in [5, 5.41) is 0. The van der Waals surface area contributed by atoms with Gasteiger partial charge in [0.2, 0.25) is 0 Å². The molecule has 0 amide bonds. The maximum Gasteiger partial charge on any atom is 0.0300 e. The monoisotopic (exact) mass is 223 g/mol. The van der Waals surface area contributed by atoms with Gasteiger partial charge >= 0.3 is 0 Å². The predicted molar refractivity (Wildman–Crippen MR) is 71.9 cm³/mol. The quantitative estimate of drug-likeness (QED) is 0.785. The average molecular weight is 223 g/mol. The molecule has 1 heteroatoms. The second kappa shape index (κ2) is 4.01. The van der Waals surface area contributed by atoms with Crippen LogP contribution in [0, 0.1) is 6.92 Å². The van der Waals surface area contributed by atoms with E-state index in [0.29, 0.717) is 0 Å². The molecule has 2 N–H and O–H groups in total. The van der Waals surface area contributed by atoms with E-state index in [9.17, 15) is 0 Å². The first-order valence-corrected chi connectivity index (χ1v) is 6.20. The zero-order valence-corrected chi connectivity index (χ0v) is 10.1. The van der Waals surface area contributed by atoms with E-state index >= 15 is 0 Å². The van der Waals surface area contributed by atoms with Gasteiger partial charge in [-0.05, 0) is 47.6 Å². The second-order valence-electron chi connectivity index (χ2n) is 4.87. The number of aryl methyl sites for hydroxylation is 2. The molecule has 0 aromatic heterocycles. The molecule has 86 valence electrons. The Morgan fingerprint density at radius 3 is 2.76 bits per heavy atom. The average Bonchev–Trinajstić information content (AvgIpc) is 2.71. The summed E-state index contributed by atoms with van der Waals surface area (Å²) >= 11 is 0. The summed E-state index contributed by atoms with van der Waals surface area (Å²) in [6.07, 6.45) is 2.21. The lowest BCUT2D eigenvalue weighted by Gasteiger charge is -2.09. The number of hydrogen-bond acceptors (Lipinski definition) is 1. The zero-order chi connectivity index (χ0) is 11.8. The van der Waals surface area contributed by atoms with Crippen LogP contribution in [0.2, 0.25) is 0 Å². The van der Waals surface area contributed by atoms with Crippen LogP contribution in [-0.4, -0.2) is 0 Å². The number of hydrogen-bond donors (Lipinski definition) is 1. The van der Waals surface area contributed by atoms with Crippen molar-refractivity contribution in [2.75, 3.05) is 0 Å². The van der Waals surface area contributed by atoms with Gasteiger partial charge in [-0.15, -0.1) is 0 Å². The van der Waals surface area contributed by atoms with Crippen LogP contribution in [0.4, 0.5) is 0 Å². The number of fused-ring (bicyclic) bond motifs is 1. The molecule has 0 aliphatic heterocycles. The molecular weight excluding hydrogens is 206 g/mol. The van der Waals surface area contributed by atoms with Crippen LogP contribution in [0.1, 0.15) is 29.2 Å². The van der Waals surface area contributed by atoms with Crippen LogP contribution in [0.15, 0.2) is 42.5 Å². The molecule has 17 heavy (non-hydrogen) atoms. The Labute approximate surface area is 102 Å². The van der Waals surface area contributed by atoms with Crippen molar-refractivity contribution in [2.24, 2.45) is 5.73 Å². The number of rotatable bonds is 1. The minimum Gasteiger partial charge on any atom is -0.324 e. The second-order valence-corrected chi connectivity index (χ2v) is 4.87. The third kappa shape index (κ3) is 1.77. The van der Waals surface area contributed by atoms with Gasteiger partial charge in [0.1, 0.15) is 0 Å². The molecule has 1 aliphatic rings. The molecule has 0 bridgehead atoms. The van der Waals surface area contributed by atoms with E-state index in [0.717, 1.165) is 12.8 Å². The largest absolute Gasteiger partial charge is 0.324 e. The van der Waals surface area contributed by atoms with Crippen molar-refractivity contribution in [3.63, 3.8) is 0 Å². The highest BCUT2D eigenvalue weighted by Gasteiger charge is 2.19. The van der Waals surface area contributed by atoms with E-state index in [4.69, 9.17) is 5.73 Å². The minimum absolute atomic E-state index is 0.246. The fourth-order valence-electron chi connectivity index (χ4n) is 2.71. The maximum atomic E-state index is 6.07. The highest BCUT2D eigenvalue weighted by molar-refractivity contribution is 5.68. The molecule has 0 fully saturated rings. The van der Waals surface area contributed by atoms with E-state index in [1.807, 2.05) is 0 Å². The first-order chi connectivity index (χ1) is 8.25. The minimum atomic E-state index is 0.246. The fourth-order valence-corrected chi connectivity index (χ4v) is 2.71. The molecule has 2 aromatic rings. The lowest BCUT2D eigenvalue weighted by molar-refractivity contribution is 0.713. The third-order valence-corrected chi connectivity index (χ3v) is 3.72. The standard InChI is InChI=1S/C16H17N/c1-11-4-2-3-5-14(11)12-6-8-15-13(10-12)7-9-16(15)17/h2-6,8,10,16H,7,9,17H2,1H3. The lowest BCUT2D eigenvalue weighted by atomic mass is 9.97. The van der Waals surface area contributed by atoms with Crippen LogP contribution in [0.3, 0.4) is 0 Å². The Bertz CT molecular complexity index is 557. The van der Waals surface area contributed by atoms with Crippen molar-refractivity contribution in [1.29, 1.82) is 0 Å². The molecule has 0 heterocycles. The van der Waals surface area contributed by atoms with E-state index in [1.165, 1.54) is 27.8 Å². The third-order valence-electron chi connectivity index (χ3n) is 3.72. The van der Waals surface area contributed by atoms with Crippen LogP contribution in [0.5, 0.6) is 0 Å². The Morgan fingerprint density at radius 2 is 1.94 bits per heavy atom. The fraction of sp³-hybridized carbons (Fsp3) is 0.250. The van der Waals surface area contributed by atoms with Crippen molar-refractivity contribution in [2.45, 2.75) is 25.8 Å². The molecule has 0 saturated carbocycles. The Kier molecular flexibility index (Phi) is 2.49. The van der Waals surface area contributed by atoms with Gasteiger partial charge in [0.15, 0.2) is 0 Å². The summed E-state index contributed by atoms with van der Waals surface area (Å²) < 4.78 is 0. The Hall–Kier alpha value is -1.60. The van der Waals surface area contributed by atoms with Crippen molar-refractivity contribution < 1.29 is 0 Å². The SMILES string of the molecule is Cc1ccccc1-c1ccc2c(c1)CCC2N.